The van der Waals surface area contributed by atoms with Gasteiger partial charge in [-0.15, -0.1) is 0 Å². The Morgan fingerprint density at radius 1 is 1.29 bits per heavy atom. The number of esters is 1. The van der Waals surface area contributed by atoms with Gasteiger partial charge < -0.3 is 9.47 Å². The summed E-state index contributed by atoms with van der Waals surface area (Å²) in [5.41, 5.74) is 1.75. The fourth-order valence-electron chi connectivity index (χ4n) is 3.32. The van der Waals surface area contributed by atoms with Gasteiger partial charge in [-0.05, 0) is 57.4 Å². The fraction of sp³-hybridized carbons (Fsp3) is 0.500. The van der Waals surface area contributed by atoms with Crippen LogP contribution in [0, 0.1) is 11.8 Å². The van der Waals surface area contributed by atoms with E-state index in [0.717, 1.165) is 25.7 Å². The van der Waals surface area contributed by atoms with Gasteiger partial charge in [0.1, 0.15) is 0 Å². The predicted molar refractivity (Wildman–Crippen MR) is 113 cm³/mol. The molecule has 0 spiro atoms. The summed E-state index contributed by atoms with van der Waals surface area (Å²) in [7, 11) is 1.40. The summed E-state index contributed by atoms with van der Waals surface area (Å²) < 4.78 is 10.0. The second-order valence-corrected chi connectivity index (χ2v) is 7.58. The normalized spacial score (nSPS) is 17.9. The van der Waals surface area contributed by atoms with Crippen molar-refractivity contribution in [2.45, 2.75) is 60.3 Å². The zero-order valence-electron chi connectivity index (χ0n) is 18.1. The van der Waals surface area contributed by atoms with E-state index in [4.69, 9.17) is 9.47 Å². The van der Waals surface area contributed by atoms with Gasteiger partial charge >= 0.3 is 5.97 Å². The van der Waals surface area contributed by atoms with Crippen LogP contribution in [0.4, 0.5) is 0 Å². The molecule has 1 aliphatic rings. The molecule has 0 amide bonds. The summed E-state index contributed by atoms with van der Waals surface area (Å²) in [6.45, 7) is 13.8. The molecule has 0 bridgehead atoms. The highest BCUT2D eigenvalue weighted by atomic mass is 16.6. The van der Waals surface area contributed by atoms with Gasteiger partial charge in [0.15, 0.2) is 22.9 Å². The van der Waals surface area contributed by atoms with Crippen LogP contribution in [0.25, 0.3) is 0 Å². The number of unbranched alkanes of at least 4 members (excludes halogenated alkanes) is 1. The summed E-state index contributed by atoms with van der Waals surface area (Å²) in [6, 6.07) is 0. The number of rotatable bonds is 11. The molecule has 4 nitrogen and oxygen atoms in total. The molecular weight excluding hydrogens is 352 g/mol. The minimum atomic E-state index is -0.693. The summed E-state index contributed by atoms with van der Waals surface area (Å²) in [5, 5.41) is 0. The molecule has 0 N–H and O–H groups in total. The van der Waals surface area contributed by atoms with Crippen molar-refractivity contribution in [1.29, 1.82) is 0 Å². The quantitative estimate of drug-likeness (QED) is 0.147. The lowest BCUT2D eigenvalue weighted by Gasteiger charge is -2.15. The third-order valence-corrected chi connectivity index (χ3v) is 4.90. The van der Waals surface area contributed by atoms with Gasteiger partial charge in [0, 0.05) is 0 Å². The average molecular weight is 387 g/mol. The Kier molecular flexibility index (Phi) is 9.70. The molecule has 4 heteroatoms. The highest BCUT2D eigenvalue weighted by Gasteiger charge is 2.35. The van der Waals surface area contributed by atoms with Crippen LogP contribution in [-0.2, 0) is 19.1 Å². The maximum atomic E-state index is 12.7. The summed E-state index contributed by atoms with van der Waals surface area (Å²) >= 11 is 0. The highest BCUT2D eigenvalue weighted by Crippen LogP contribution is 2.28. The maximum absolute atomic E-state index is 12.7. The van der Waals surface area contributed by atoms with E-state index in [2.05, 4.69) is 45.6 Å². The predicted octanol–water partition coefficient (Wildman–Crippen LogP) is 5.83. The van der Waals surface area contributed by atoms with Crippen LogP contribution in [0.2, 0.25) is 0 Å². The van der Waals surface area contributed by atoms with Gasteiger partial charge in [-0.1, -0.05) is 56.7 Å². The van der Waals surface area contributed by atoms with Crippen molar-refractivity contribution >= 4 is 11.8 Å². The van der Waals surface area contributed by atoms with Gasteiger partial charge in [-0.2, -0.15) is 0 Å². The van der Waals surface area contributed by atoms with Crippen LogP contribution >= 0.6 is 0 Å². The van der Waals surface area contributed by atoms with Crippen molar-refractivity contribution < 1.29 is 19.1 Å². The Labute approximate surface area is 169 Å². The van der Waals surface area contributed by atoms with Crippen LogP contribution in [-0.4, -0.2) is 18.9 Å². The summed E-state index contributed by atoms with van der Waals surface area (Å²) in [6.07, 6.45) is 12.8. The largest absolute Gasteiger partial charge is 0.492 e. The molecule has 0 saturated carbocycles. The number of allylic oxidation sites excluding steroid dienone is 6. The molecule has 1 rings (SSSR count). The Balaban J connectivity index is 2.59. The van der Waals surface area contributed by atoms with Gasteiger partial charge in [0.05, 0.1) is 7.11 Å². The van der Waals surface area contributed by atoms with Crippen molar-refractivity contribution in [3.8, 4) is 0 Å². The van der Waals surface area contributed by atoms with E-state index in [0.29, 0.717) is 11.5 Å². The van der Waals surface area contributed by atoms with Crippen molar-refractivity contribution in [2.75, 3.05) is 7.11 Å². The van der Waals surface area contributed by atoms with E-state index in [1.807, 2.05) is 13.0 Å². The Hall–Kier alpha value is -2.36. The van der Waals surface area contributed by atoms with E-state index in [1.165, 1.54) is 12.7 Å². The third-order valence-electron chi connectivity index (χ3n) is 4.90. The molecule has 1 heterocycles. The third kappa shape index (κ3) is 6.99. The molecule has 0 saturated heterocycles. The number of Topliss-reactive ketones (excluding diaryl/α,β-unsaturated/α-hetero) is 1. The molecule has 0 unspecified atom stereocenters. The van der Waals surface area contributed by atoms with E-state index < -0.39 is 5.97 Å². The Morgan fingerprint density at radius 2 is 1.96 bits per heavy atom. The first kappa shape index (κ1) is 23.7. The molecule has 0 aromatic rings. The monoisotopic (exact) mass is 386 g/mol. The number of carbonyl (C=O) groups is 2. The molecular formula is C24H34O4. The zero-order valence-corrected chi connectivity index (χ0v) is 18.1. The lowest BCUT2D eigenvalue weighted by atomic mass is 9.90. The number of ketones is 1. The number of methoxy groups -OCH3 is 1. The summed E-state index contributed by atoms with van der Waals surface area (Å²) in [4.78, 5) is 24.6. The van der Waals surface area contributed by atoms with Crippen LogP contribution in [0.5, 0.6) is 0 Å². The van der Waals surface area contributed by atoms with Crippen LogP contribution in [0.1, 0.15) is 60.3 Å². The van der Waals surface area contributed by atoms with E-state index in [9.17, 15) is 9.59 Å². The van der Waals surface area contributed by atoms with E-state index >= 15 is 0 Å². The molecule has 0 radical (unpaired) electrons. The molecule has 0 aliphatic carbocycles. The lowest BCUT2D eigenvalue weighted by Crippen LogP contribution is -2.13. The van der Waals surface area contributed by atoms with E-state index in [-0.39, 0.29) is 28.8 Å². The minimum absolute atomic E-state index is 0.0651. The molecule has 2 atom stereocenters. The van der Waals surface area contributed by atoms with Crippen molar-refractivity contribution in [3.05, 3.63) is 59.1 Å². The topological polar surface area (TPSA) is 52.6 Å². The first-order valence-corrected chi connectivity index (χ1v) is 9.93. The second-order valence-electron chi connectivity index (χ2n) is 7.58. The second kappa shape index (κ2) is 11.5. The van der Waals surface area contributed by atoms with Gasteiger partial charge in [0.2, 0.25) is 0 Å². The molecule has 28 heavy (non-hydrogen) atoms. The molecule has 0 aromatic carbocycles. The van der Waals surface area contributed by atoms with Crippen LogP contribution in [0.3, 0.4) is 0 Å². The zero-order chi connectivity index (χ0) is 21.3. The average Bonchev–Trinajstić information content (AvgIpc) is 2.93. The number of hydrogen-bond acceptors (Lipinski definition) is 4. The van der Waals surface area contributed by atoms with Crippen LogP contribution < -0.4 is 0 Å². The first-order valence-electron chi connectivity index (χ1n) is 9.93. The maximum Gasteiger partial charge on any atom is 0.351 e. The fourth-order valence-corrected chi connectivity index (χ4v) is 3.32. The number of cyclic esters (lactones) is 1. The Bertz CT molecular complexity index is 719. The standard InChI is InChI=1S/C24H34O4/c1-8-16(2)12-10-9-11-13-17(3)14-18(4)15-19(5)22(25)21-23(27-7)20(6)28-24(21)26/h8,10,12,15,17-18H,6,9,11,13-14H2,1-5,7H3/b12-10+,16-8+,19-15+/t17-,18-/m1/s1. The van der Waals surface area contributed by atoms with Gasteiger partial charge in [-0.3, -0.25) is 4.79 Å². The first-order chi connectivity index (χ1) is 13.2. The van der Waals surface area contributed by atoms with E-state index in [1.54, 1.807) is 6.92 Å². The number of ether oxygens (including phenoxy) is 2. The Morgan fingerprint density at radius 3 is 2.57 bits per heavy atom. The van der Waals surface area contributed by atoms with Crippen molar-refractivity contribution in [2.24, 2.45) is 11.8 Å². The smallest absolute Gasteiger partial charge is 0.351 e. The minimum Gasteiger partial charge on any atom is -0.492 e. The van der Waals surface area contributed by atoms with Gasteiger partial charge in [-0.25, -0.2) is 4.79 Å². The molecule has 154 valence electrons. The van der Waals surface area contributed by atoms with Crippen molar-refractivity contribution in [1.82, 2.24) is 0 Å². The number of carbonyl (C=O) groups excluding carboxylic acids is 2. The molecule has 0 aromatic heterocycles. The molecule has 0 fully saturated rings. The highest BCUT2D eigenvalue weighted by molar-refractivity contribution is 6.25. The number of hydrogen-bond donors (Lipinski definition) is 0. The van der Waals surface area contributed by atoms with Gasteiger partial charge in [0.25, 0.3) is 0 Å². The van der Waals surface area contributed by atoms with Crippen molar-refractivity contribution in [3.63, 3.8) is 0 Å². The summed E-state index contributed by atoms with van der Waals surface area (Å²) in [5.74, 6) is -0.0254. The van der Waals surface area contributed by atoms with Crippen LogP contribution in [0.15, 0.2) is 59.1 Å². The lowest BCUT2D eigenvalue weighted by molar-refractivity contribution is -0.134. The SMILES string of the molecule is C=C1OC(=O)C(C(=O)/C(C)=C/[C@H](C)C[C@H](C)CCC/C=C/C(C)=C/C)=C1OC. The molecule has 1 aliphatic heterocycles.